The number of para-hydroxylation sites is 1. The average Bonchev–Trinajstić information content (AvgIpc) is 3.51. The molecule has 0 N–H and O–H groups in total. The molecule has 218 valence electrons. The van der Waals surface area contributed by atoms with Gasteiger partial charge in [0.1, 0.15) is 10.7 Å². The van der Waals surface area contributed by atoms with Crippen LogP contribution < -0.4 is 9.47 Å². The molecule has 0 unspecified atom stereocenters. The van der Waals surface area contributed by atoms with Crippen LogP contribution in [0.5, 0.6) is 11.5 Å². The number of furan rings is 1. The van der Waals surface area contributed by atoms with Crippen LogP contribution in [0.25, 0.3) is 10.9 Å². The normalized spacial score (nSPS) is 11.6. The van der Waals surface area contributed by atoms with E-state index in [0.29, 0.717) is 54.2 Å². The van der Waals surface area contributed by atoms with Crippen molar-refractivity contribution in [3.63, 3.8) is 0 Å². The van der Waals surface area contributed by atoms with Gasteiger partial charge in [-0.3, -0.25) is 9.78 Å². The third-order valence-corrected chi connectivity index (χ3v) is 8.56. The van der Waals surface area contributed by atoms with Crippen molar-refractivity contribution in [2.24, 2.45) is 0 Å². The van der Waals surface area contributed by atoms with Crippen molar-refractivity contribution >= 4 is 26.8 Å². The zero-order valence-corrected chi connectivity index (χ0v) is 24.3. The molecule has 0 saturated heterocycles. The molecule has 10 nitrogen and oxygen atoms in total. The van der Waals surface area contributed by atoms with Gasteiger partial charge in [-0.2, -0.15) is 4.31 Å². The summed E-state index contributed by atoms with van der Waals surface area (Å²) in [5, 5.41) is 0.700. The van der Waals surface area contributed by atoms with Crippen LogP contribution in [0.2, 0.25) is 0 Å². The van der Waals surface area contributed by atoms with Crippen molar-refractivity contribution in [1.29, 1.82) is 0 Å². The number of pyridine rings is 1. The molecule has 0 aliphatic carbocycles. The minimum absolute atomic E-state index is 0.0590. The summed E-state index contributed by atoms with van der Waals surface area (Å²) < 4.78 is 50.5. The topological polar surface area (TPSA) is 111 Å². The standard InChI is InChI=1S/C30H35N3O7S/c1-37-18-7-16-33(41(35,36)28-11-4-8-24-9-5-15-31-30(24)28)22-29(34)32(21-25-10-6-19-40-25)17-14-23-12-13-26(38-2)27(20-23)39-3/h4-6,8-13,15,19-20H,7,14,16-18,21-22H2,1-3H3. The number of benzene rings is 2. The first-order valence-electron chi connectivity index (χ1n) is 13.2. The molecule has 4 rings (SSSR count). The van der Waals surface area contributed by atoms with Crippen molar-refractivity contribution in [3.8, 4) is 11.5 Å². The molecule has 0 spiro atoms. The Morgan fingerprint density at radius 1 is 0.951 bits per heavy atom. The molecule has 0 bridgehead atoms. The molecule has 0 saturated carbocycles. The number of ether oxygens (including phenoxy) is 3. The lowest BCUT2D eigenvalue weighted by atomic mass is 10.1. The monoisotopic (exact) mass is 581 g/mol. The number of amides is 1. The van der Waals surface area contributed by atoms with E-state index in [0.717, 1.165) is 5.56 Å². The van der Waals surface area contributed by atoms with Crippen molar-refractivity contribution in [2.75, 3.05) is 47.6 Å². The van der Waals surface area contributed by atoms with E-state index in [4.69, 9.17) is 18.6 Å². The maximum Gasteiger partial charge on any atom is 0.245 e. The van der Waals surface area contributed by atoms with E-state index in [9.17, 15) is 13.2 Å². The minimum Gasteiger partial charge on any atom is -0.493 e. The number of methoxy groups -OCH3 is 3. The molecule has 0 aliphatic rings. The van der Waals surface area contributed by atoms with E-state index in [1.807, 2.05) is 18.2 Å². The van der Waals surface area contributed by atoms with Gasteiger partial charge >= 0.3 is 0 Å². The fourth-order valence-electron chi connectivity index (χ4n) is 4.53. The summed E-state index contributed by atoms with van der Waals surface area (Å²) in [6.07, 6.45) is 4.03. The lowest BCUT2D eigenvalue weighted by molar-refractivity contribution is -0.132. The smallest absolute Gasteiger partial charge is 0.245 e. The Morgan fingerprint density at radius 3 is 2.49 bits per heavy atom. The first kappa shape index (κ1) is 30.0. The fraction of sp³-hybridized carbons (Fsp3) is 0.333. The number of rotatable bonds is 15. The quantitative estimate of drug-likeness (QED) is 0.193. The zero-order chi connectivity index (χ0) is 29.2. The summed E-state index contributed by atoms with van der Waals surface area (Å²) >= 11 is 0. The number of sulfonamides is 1. The van der Waals surface area contributed by atoms with Crippen LogP contribution in [-0.2, 0) is 32.5 Å². The molecule has 11 heteroatoms. The number of hydrogen-bond donors (Lipinski definition) is 0. The zero-order valence-electron chi connectivity index (χ0n) is 23.5. The van der Waals surface area contributed by atoms with Crippen LogP contribution in [0.1, 0.15) is 17.7 Å². The molecule has 41 heavy (non-hydrogen) atoms. The van der Waals surface area contributed by atoms with Crippen LogP contribution in [0.3, 0.4) is 0 Å². The largest absolute Gasteiger partial charge is 0.493 e. The molecule has 2 heterocycles. The average molecular weight is 582 g/mol. The SMILES string of the molecule is COCCCN(CC(=O)N(CCc1ccc(OC)c(OC)c1)Cc1ccco1)S(=O)(=O)c1cccc2cccnc12. The lowest BCUT2D eigenvalue weighted by Crippen LogP contribution is -2.44. The van der Waals surface area contributed by atoms with E-state index in [1.54, 1.807) is 75.1 Å². The highest BCUT2D eigenvalue weighted by Crippen LogP contribution is 2.28. The van der Waals surface area contributed by atoms with Gasteiger partial charge in [0.05, 0.1) is 39.1 Å². The van der Waals surface area contributed by atoms with E-state index in [1.165, 1.54) is 10.4 Å². The number of carbonyl (C=O) groups is 1. The second kappa shape index (κ2) is 14.1. The highest BCUT2D eigenvalue weighted by Gasteiger charge is 2.30. The van der Waals surface area contributed by atoms with Crippen LogP contribution in [-0.4, -0.2) is 76.1 Å². The van der Waals surface area contributed by atoms with E-state index in [2.05, 4.69) is 4.98 Å². The van der Waals surface area contributed by atoms with Crippen LogP contribution in [0.15, 0.2) is 82.4 Å². The fourth-order valence-corrected chi connectivity index (χ4v) is 6.12. The molecule has 0 aliphatic heterocycles. The molecule has 2 aromatic heterocycles. The van der Waals surface area contributed by atoms with Gasteiger partial charge < -0.3 is 23.5 Å². The first-order chi connectivity index (χ1) is 19.9. The predicted octanol–water partition coefficient (Wildman–Crippen LogP) is 4.14. The Kier molecular flexibility index (Phi) is 10.3. The number of fused-ring (bicyclic) bond motifs is 1. The van der Waals surface area contributed by atoms with Crippen molar-refractivity contribution in [2.45, 2.75) is 24.3 Å². The Hall–Kier alpha value is -3.93. The number of carbonyl (C=O) groups excluding carboxylic acids is 1. The van der Waals surface area contributed by atoms with Crippen molar-refractivity contribution in [1.82, 2.24) is 14.2 Å². The number of hydrogen-bond acceptors (Lipinski definition) is 8. The molecule has 1 amide bonds. The highest BCUT2D eigenvalue weighted by molar-refractivity contribution is 7.89. The van der Waals surface area contributed by atoms with Crippen LogP contribution >= 0.6 is 0 Å². The third kappa shape index (κ3) is 7.43. The van der Waals surface area contributed by atoms with Gasteiger partial charge in [-0.05, 0) is 54.8 Å². The van der Waals surface area contributed by atoms with Crippen molar-refractivity contribution in [3.05, 3.63) is 84.4 Å². The summed E-state index contributed by atoms with van der Waals surface area (Å²) in [7, 11) is 0.624. The molecule has 2 aromatic carbocycles. The first-order valence-corrected chi connectivity index (χ1v) is 14.6. The summed E-state index contributed by atoms with van der Waals surface area (Å²) in [4.78, 5) is 19.8. The molecule has 0 atom stereocenters. The Labute approximate surface area is 240 Å². The Balaban J connectivity index is 1.60. The number of aromatic nitrogens is 1. The minimum atomic E-state index is -4.07. The van der Waals surface area contributed by atoms with Gasteiger partial charge in [0, 0.05) is 38.4 Å². The highest BCUT2D eigenvalue weighted by atomic mass is 32.2. The van der Waals surface area contributed by atoms with E-state index >= 15 is 0 Å². The molecule has 0 radical (unpaired) electrons. The molecular formula is C30H35N3O7S. The molecule has 4 aromatic rings. The Morgan fingerprint density at radius 2 is 1.76 bits per heavy atom. The van der Waals surface area contributed by atoms with Gasteiger partial charge in [-0.15, -0.1) is 0 Å². The second-order valence-corrected chi connectivity index (χ2v) is 11.3. The third-order valence-electron chi connectivity index (χ3n) is 6.68. The maximum absolute atomic E-state index is 14.0. The van der Waals surface area contributed by atoms with Crippen LogP contribution in [0.4, 0.5) is 0 Å². The van der Waals surface area contributed by atoms with E-state index in [-0.39, 0.29) is 30.4 Å². The van der Waals surface area contributed by atoms with Crippen LogP contribution in [0, 0.1) is 0 Å². The van der Waals surface area contributed by atoms with Gasteiger partial charge in [0.25, 0.3) is 0 Å². The molecule has 0 fully saturated rings. The van der Waals surface area contributed by atoms with Crippen molar-refractivity contribution < 1.29 is 31.8 Å². The number of nitrogens with zero attached hydrogens (tertiary/aromatic N) is 3. The van der Waals surface area contributed by atoms with Gasteiger partial charge in [0.15, 0.2) is 11.5 Å². The van der Waals surface area contributed by atoms with Gasteiger partial charge in [-0.25, -0.2) is 8.42 Å². The maximum atomic E-state index is 14.0. The van der Waals surface area contributed by atoms with Gasteiger partial charge in [0.2, 0.25) is 15.9 Å². The van der Waals surface area contributed by atoms with E-state index < -0.39 is 10.0 Å². The summed E-state index contributed by atoms with van der Waals surface area (Å²) in [5.74, 6) is 1.45. The predicted molar refractivity (Wildman–Crippen MR) is 154 cm³/mol. The summed E-state index contributed by atoms with van der Waals surface area (Å²) in [6.45, 7) is 0.637. The Bertz CT molecular complexity index is 1540. The lowest BCUT2D eigenvalue weighted by Gasteiger charge is -2.27. The van der Waals surface area contributed by atoms with Gasteiger partial charge in [-0.1, -0.05) is 24.3 Å². The second-order valence-electron chi connectivity index (χ2n) is 9.35. The molecular weight excluding hydrogens is 546 g/mol. The summed E-state index contributed by atoms with van der Waals surface area (Å²) in [6, 6.07) is 17.7. The summed E-state index contributed by atoms with van der Waals surface area (Å²) in [5.41, 5.74) is 1.30.